The van der Waals surface area contributed by atoms with E-state index in [0.717, 1.165) is 53.3 Å². The van der Waals surface area contributed by atoms with Crippen LogP contribution in [0.2, 0.25) is 0 Å². The summed E-state index contributed by atoms with van der Waals surface area (Å²) in [6.45, 7) is 2.02. The molecule has 0 atom stereocenters. The van der Waals surface area contributed by atoms with Crippen LogP contribution in [0.4, 0.5) is 5.69 Å². The zero-order valence-corrected chi connectivity index (χ0v) is 17.8. The van der Waals surface area contributed by atoms with Crippen molar-refractivity contribution in [2.45, 2.75) is 50.6 Å². The SMILES string of the molecule is Cc1c(-c2ccc(N)c(C#N)c2)ccc2c3oc([C@H]4C[C@H](N)C4)nc3c(=O)n(C3CC3)c12. The number of hydrogen-bond acceptors (Lipinski definition) is 6. The van der Waals surface area contributed by atoms with E-state index < -0.39 is 0 Å². The Labute approximate surface area is 184 Å². The first-order valence-corrected chi connectivity index (χ1v) is 11.0. The lowest BCUT2D eigenvalue weighted by atomic mass is 9.81. The van der Waals surface area contributed by atoms with Gasteiger partial charge in [0.05, 0.1) is 11.1 Å². The van der Waals surface area contributed by atoms with E-state index in [-0.39, 0.29) is 23.6 Å². The molecule has 160 valence electrons. The van der Waals surface area contributed by atoms with Crippen molar-refractivity contribution >= 4 is 27.7 Å². The lowest BCUT2D eigenvalue weighted by Crippen LogP contribution is -2.34. The van der Waals surface area contributed by atoms with Gasteiger partial charge in [0.2, 0.25) is 0 Å². The molecule has 0 aliphatic heterocycles. The topological polar surface area (TPSA) is 124 Å². The fraction of sp³-hybridized carbons (Fsp3) is 0.320. The number of rotatable bonds is 3. The smallest absolute Gasteiger partial charge is 0.281 e. The van der Waals surface area contributed by atoms with Gasteiger partial charge in [-0.15, -0.1) is 0 Å². The molecule has 4 N–H and O–H groups in total. The number of nitrogens with zero attached hydrogens (tertiary/aromatic N) is 3. The van der Waals surface area contributed by atoms with Gasteiger partial charge >= 0.3 is 0 Å². The first kappa shape index (κ1) is 19.1. The third kappa shape index (κ3) is 2.69. The maximum Gasteiger partial charge on any atom is 0.281 e. The molecule has 2 aliphatic rings. The van der Waals surface area contributed by atoms with Crippen LogP contribution in [0.1, 0.15) is 54.7 Å². The summed E-state index contributed by atoms with van der Waals surface area (Å²) in [4.78, 5) is 18.2. The molecule has 2 fully saturated rings. The molecule has 2 saturated carbocycles. The summed E-state index contributed by atoms with van der Waals surface area (Å²) in [5, 5.41) is 10.3. The predicted octanol–water partition coefficient (Wildman–Crippen LogP) is 4.11. The van der Waals surface area contributed by atoms with E-state index in [2.05, 4.69) is 11.1 Å². The molecule has 0 radical (unpaired) electrons. The van der Waals surface area contributed by atoms with E-state index in [9.17, 15) is 10.1 Å². The average Bonchev–Trinajstić information content (AvgIpc) is 3.50. The summed E-state index contributed by atoms with van der Waals surface area (Å²) >= 11 is 0. The molecule has 0 unspecified atom stereocenters. The number of hydrogen-bond donors (Lipinski definition) is 2. The first-order chi connectivity index (χ1) is 15.5. The third-order valence-electron chi connectivity index (χ3n) is 6.90. The lowest BCUT2D eigenvalue weighted by Gasteiger charge is -2.29. The average molecular weight is 425 g/mol. The molecule has 2 aromatic carbocycles. The highest BCUT2D eigenvalue weighted by atomic mass is 16.3. The van der Waals surface area contributed by atoms with E-state index in [1.807, 2.05) is 29.7 Å². The van der Waals surface area contributed by atoms with Crippen LogP contribution in [-0.4, -0.2) is 15.6 Å². The summed E-state index contributed by atoms with van der Waals surface area (Å²) in [6.07, 6.45) is 3.63. The van der Waals surface area contributed by atoms with Gasteiger partial charge in [0.1, 0.15) is 6.07 Å². The van der Waals surface area contributed by atoms with Gasteiger partial charge in [-0.2, -0.15) is 5.26 Å². The first-order valence-electron chi connectivity index (χ1n) is 11.0. The second-order valence-corrected chi connectivity index (χ2v) is 9.11. The van der Waals surface area contributed by atoms with Gasteiger partial charge in [0.15, 0.2) is 17.0 Å². The lowest BCUT2D eigenvalue weighted by molar-refractivity contribution is 0.299. The molecule has 0 bridgehead atoms. The predicted molar refractivity (Wildman–Crippen MR) is 123 cm³/mol. The Kier molecular flexibility index (Phi) is 3.99. The van der Waals surface area contributed by atoms with Crippen molar-refractivity contribution in [3.63, 3.8) is 0 Å². The molecular formula is C25H23N5O2. The molecule has 7 heteroatoms. The van der Waals surface area contributed by atoms with E-state index in [1.165, 1.54) is 0 Å². The Morgan fingerprint density at radius 1 is 1.22 bits per heavy atom. The molecule has 0 spiro atoms. The van der Waals surface area contributed by atoms with Crippen LogP contribution < -0.4 is 17.0 Å². The highest BCUT2D eigenvalue weighted by molar-refractivity contribution is 6.04. The van der Waals surface area contributed by atoms with Gasteiger partial charge in [-0.3, -0.25) is 4.79 Å². The van der Waals surface area contributed by atoms with Crippen LogP contribution in [0.15, 0.2) is 39.5 Å². The number of oxazole rings is 1. The van der Waals surface area contributed by atoms with Crippen molar-refractivity contribution < 1.29 is 4.42 Å². The largest absolute Gasteiger partial charge is 0.439 e. The number of anilines is 1. The van der Waals surface area contributed by atoms with Gasteiger partial charge in [-0.05, 0) is 67.5 Å². The zero-order valence-electron chi connectivity index (χ0n) is 17.8. The molecule has 0 saturated heterocycles. The van der Waals surface area contributed by atoms with Crippen molar-refractivity contribution in [1.82, 2.24) is 9.55 Å². The van der Waals surface area contributed by atoms with Crippen molar-refractivity contribution in [1.29, 1.82) is 5.26 Å². The van der Waals surface area contributed by atoms with Crippen LogP contribution in [0.5, 0.6) is 0 Å². The summed E-state index contributed by atoms with van der Waals surface area (Å²) in [5.74, 6) is 0.799. The fourth-order valence-corrected chi connectivity index (χ4v) is 4.93. The molecular weight excluding hydrogens is 402 g/mol. The molecule has 0 amide bonds. The number of benzene rings is 2. The van der Waals surface area contributed by atoms with Crippen LogP contribution >= 0.6 is 0 Å². The highest BCUT2D eigenvalue weighted by Gasteiger charge is 2.34. The third-order valence-corrected chi connectivity index (χ3v) is 6.90. The monoisotopic (exact) mass is 425 g/mol. The minimum absolute atomic E-state index is 0.0936. The Bertz CT molecular complexity index is 1510. The zero-order chi connectivity index (χ0) is 22.1. The van der Waals surface area contributed by atoms with Crippen molar-refractivity contribution in [2.24, 2.45) is 5.73 Å². The normalized spacial score (nSPS) is 20.4. The highest BCUT2D eigenvalue weighted by Crippen LogP contribution is 2.42. The number of pyridine rings is 1. The Hall–Kier alpha value is -3.63. The molecule has 7 nitrogen and oxygen atoms in total. The molecule has 6 rings (SSSR count). The summed E-state index contributed by atoms with van der Waals surface area (Å²) < 4.78 is 8.08. The van der Waals surface area contributed by atoms with E-state index in [4.69, 9.17) is 15.9 Å². The van der Waals surface area contributed by atoms with Gasteiger partial charge in [-0.1, -0.05) is 12.1 Å². The molecule has 4 aromatic rings. The number of fused-ring (bicyclic) bond motifs is 3. The van der Waals surface area contributed by atoms with Crippen LogP contribution in [0.25, 0.3) is 33.1 Å². The van der Waals surface area contributed by atoms with Gasteiger partial charge in [0, 0.05) is 29.1 Å². The van der Waals surface area contributed by atoms with Gasteiger partial charge in [-0.25, -0.2) is 4.98 Å². The minimum atomic E-state index is -0.0936. The quantitative estimate of drug-likeness (QED) is 0.476. The molecule has 32 heavy (non-hydrogen) atoms. The van der Waals surface area contributed by atoms with Crippen molar-refractivity contribution in [3.05, 3.63) is 57.7 Å². The summed E-state index contributed by atoms with van der Waals surface area (Å²) in [6, 6.07) is 12.0. The molecule has 2 aromatic heterocycles. The maximum absolute atomic E-state index is 13.5. The fourth-order valence-electron chi connectivity index (χ4n) is 4.93. The summed E-state index contributed by atoms with van der Waals surface area (Å²) in [7, 11) is 0. The van der Waals surface area contributed by atoms with Crippen molar-refractivity contribution in [2.75, 3.05) is 5.73 Å². The molecule has 2 heterocycles. The van der Waals surface area contributed by atoms with Gasteiger partial charge < -0.3 is 20.5 Å². The standard InChI is InChI=1S/C25H23N5O2/c1-12-18(13-2-7-20(28)15(8-13)11-26)5-6-19-22(12)30(17-3-4-17)25(31)21-23(19)32-24(29-21)14-9-16(27)10-14/h2,5-8,14,16-17H,3-4,9-10,27-28H2,1H3/t14-,16-. The van der Waals surface area contributed by atoms with E-state index >= 15 is 0 Å². The number of aromatic nitrogens is 2. The van der Waals surface area contributed by atoms with Crippen LogP contribution in [0, 0.1) is 18.3 Å². The maximum atomic E-state index is 13.5. The Balaban J connectivity index is 1.63. The van der Waals surface area contributed by atoms with Gasteiger partial charge in [0.25, 0.3) is 5.56 Å². The van der Waals surface area contributed by atoms with E-state index in [0.29, 0.717) is 28.2 Å². The Morgan fingerprint density at radius 2 is 2.00 bits per heavy atom. The van der Waals surface area contributed by atoms with Crippen LogP contribution in [0.3, 0.4) is 0 Å². The van der Waals surface area contributed by atoms with Crippen molar-refractivity contribution in [3.8, 4) is 17.2 Å². The number of nitrogens with two attached hydrogens (primary N) is 2. The minimum Gasteiger partial charge on any atom is -0.439 e. The number of aryl methyl sites for hydroxylation is 1. The van der Waals surface area contributed by atoms with Crippen LogP contribution in [-0.2, 0) is 0 Å². The molecule has 2 aliphatic carbocycles. The number of nitriles is 1. The Morgan fingerprint density at radius 3 is 2.69 bits per heavy atom. The summed E-state index contributed by atoms with van der Waals surface area (Å²) in [5.41, 5.74) is 17.4. The van der Waals surface area contributed by atoms with E-state index in [1.54, 1.807) is 12.1 Å². The second-order valence-electron chi connectivity index (χ2n) is 9.11. The number of nitrogen functional groups attached to an aromatic ring is 1. The second kappa shape index (κ2) is 6.68.